The molecule has 2 N–H and O–H groups in total. The van der Waals surface area contributed by atoms with E-state index in [0.717, 1.165) is 19.1 Å². The van der Waals surface area contributed by atoms with E-state index in [1.165, 1.54) is 5.32 Å². The summed E-state index contributed by atoms with van der Waals surface area (Å²) in [7, 11) is 0. The molecule has 40 heavy (non-hydrogen) atoms. The van der Waals surface area contributed by atoms with E-state index in [9.17, 15) is 44.7 Å². The molecule has 0 aromatic heterocycles. The molecule has 2 atom stereocenters. The molecule has 0 saturated carbocycles. The average Bonchev–Trinajstić information content (AvgIpc) is 2.81. The molecule has 0 fully saturated rings. The molecule has 4 nitrogen and oxygen atoms in total. The van der Waals surface area contributed by atoms with Crippen molar-refractivity contribution in [2.24, 2.45) is 0 Å². The van der Waals surface area contributed by atoms with E-state index in [-0.39, 0.29) is 26.7 Å². The maximum Gasteiger partial charge on any atom is 0.417 e. The van der Waals surface area contributed by atoms with Crippen molar-refractivity contribution in [3.05, 3.63) is 73.7 Å². The number of hydrogen-bond acceptors (Lipinski definition) is 2. The van der Waals surface area contributed by atoms with Gasteiger partial charge in [-0.15, -0.1) is 0 Å². The van der Waals surface area contributed by atoms with Gasteiger partial charge in [0.05, 0.1) is 32.1 Å². The van der Waals surface area contributed by atoms with Gasteiger partial charge in [-0.05, 0) is 42.8 Å². The van der Waals surface area contributed by atoms with Gasteiger partial charge in [0.1, 0.15) is 18.4 Å². The summed E-state index contributed by atoms with van der Waals surface area (Å²) in [5.74, 6) is -10.1. The quantitative estimate of drug-likeness (QED) is 0.225. The Bertz CT molecular complexity index is 1280. The summed E-state index contributed by atoms with van der Waals surface area (Å²) < 4.78 is 122. The normalized spacial score (nSPS) is 14.5. The first-order valence-electron chi connectivity index (χ1n) is 10.9. The number of carbonyl (C=O) groups excluding carboxylic acids is 2. The van der Waals surface area contributed by atoms with Crippen LogP contribution in [0.1, 0.15) is 46.8 Å². The van der Waals surface area contributed by atoms with Crippen LogP contribution in [-0.2, 0) is 11.0 Å². The van der Waals surface area contributed by atoms with Crippen LogP contribution in [-0.4, -0.2) is 36.5 Å². The summed E-state index contributed by atoms with van der Waals surface area (Å²) in [5, 5.41) is 2.65. The molecule has 220 valence electrons. The van der Waals surface area contributed by atoms with Crippen LogP contribution in [0.5, 0.6) is 0 Å². The van der Waals surface area contributed by atoms with Crippen molar-refractivity contribution in [2.75, 3.05) is 6.54 Å². The molecule has 16 heteroatoms. The average molecular weight is 644 g/mol. The molecule has 0 aliphatic carbocycles. The highest BCUT2D eigenvalue weighted by Gasteiger charge is 2.38. The Balaban J connectivity index is 2.45. The molecule has 2 aromatic carbocycles. The summed E-state index contributed by atoms with van der Waals surface area (Å²) in [6.07, 6.45) is -9.70. The lowest BCUT2D eigenvalue weighted by molar-refractivity contribution is -0.139. The van der Waals surface area contributed by atoms with E-state index in [1.54, 1.807) is 0 Å². The summed E-state index contributed by atoms with van der Waals surface area (Å²) in [6.45, 7) is -0.390. The number of amides is 2. The third-order valence-electron chi connectivity index (χ3n) is 5.27. The molecule has 2 amide bonds. The van der Waals surface area contributed by atoms with E-state index in [0.29, 0.717) is 25.1 Å². The van der Waals surface area contributed by atoms with Gasteiger partial charge in [-0.3, -0.25) is 9.59 Å². The molecular formula is C24H18Cl3F9N2O2. The Morgan fingerprint density at radius 1 is 0.950 bits per heavy atom. The zero-order valence-electron chi connectivity index (χ0n) is 20.2. The van der Waals surface area contributed by atoms with Gasteiger partial charge in [-0.2, -0.15) is 26.3 Å². The highest BCUT2D eigenvalue weighted by Crippen LogP contribution is 2.42. The Morgan fingerprint density at radius 2 is 1.50 bits per heavy atom. The van der Waals surface area contributed by atoms with E-state index in [1.807, 2.05) is 5.32 Å². The van der Waals surface area contributed by atoms with Crippen LogP contribution in [0.3, 0.4) is 0 Å². The lowest BCUT2D eigenvalue weighted by Gasteiger charge is -2.22. The molecule has 0 bridgehead atoms. The van der Waals surface area contributed by atoms with Crippen molar-refractivity contribution in [3.8, 4) is 0 Å². The zero-order chi connectivity index (χ0) is 30.8. The molecule has 0 spiro atoms. The number of carbonyl (C=O) groups is 2. The Morgan fingerprint density at radius 3 is 1.98 bits per heavy atom. The second-order valence-corrected chi connectivity index (χ2v) is 9.73. The Kier molecular flexibility index (Phi) is 10.5. The van der Waals surface area contributed by atoms with Crippen LogP contribution in [0.15, 0.2) is 36.4 Å². The SMILES string of the molecule is C[C@@H](NC(=O)c1ccc(/C(F)=C/C(c2cc(Cl)c(Cl)c(Cl)c2)C(C)(F)F)cc1C(F)(F)F)C(=O)NCC(F)(F)F. The number of rotatable bonds is 8. The van der Waals surface area contributed by atoms with E-state index in [2.05, 4.69) is 0 Å². The molecule has 0 saturated heterocycles. The molecule has 1 unspecified atom stereocenters. The van der Waals surface area contributed by atoms with Gasteiger partial charge in [0.25, 0.3) is 11.8 Å². The smallest absolute Gasteiger partial charge is 0.345 e. The van der Waals surface area contributed by atoms with Crippen molar-refractivity contribution in [2.45, 2.75) is 44.1 Å². The van der Waals surface area contributed by atoms with Gasteiger partial charge in [0.2, 0.25) is 5.91 Å². The van der Waals surface area contributed by atoms with Crippen LogP contribution in [0.4, 0.5) is 39.5 Å². The van der Waals surface area contributed by atoms with Crippen molar-refractivity contribution < 1.29 is 49.1 Å². The number of allylic oxidation sites excluding steroid dienone is 1. The maximum absolute atomic E-state index is 15.1. The van der Waals surface area contributed by atoms with Crippen LogP contribution in [0.25, 0.3) is 5.83 Å². The highest BCUT2D eigenvalue weighted by atomic mass is 35.5. The van der Waals surface area contributed by atoms with E-state index in [4.69, 9.17) is 34.8 Å². The monoisotopic (exact) mass is 642 g/mol. The van der Waals surface area contributed by atoms with Crippen LogP contribution in [0, 0.1) is 0 Å². The van der Waals surface area contributed by atoms with Gasteiger partial charge in [0, 0.05) is 12.5 Å². The molecule has 0 aliphatic heterocycles. The number of hydrogen-bond donors (Lipinski definition) is 2. The Labute approximate surface area is 236 Å². The zero-order valence-corrected chi connectivity index (χ0v) is 22.4. The van der Waals surface area contributed by atoms with Crippen molar-refractivity contribution in [1.29, 1.82) is 0 Å². The lowest BCUT2D eigenvalue weighted by atomic mass is 9.91. The standard InChI is InChI=1S/C24H18Cl3F9N2O2/c1-10(20(39)37-9-23(31,32)33)38-21(40)13-4-3-11(5-15(13)24(34,35)36)18(28)8-14(22(2,29)30)12-6-16(25)19(27)17(26)7-12/h3-8,10,14H,9H2,1-2H3,(H,37,39)(H,38,40)/b18-8-/t10-,14?/m1/s1. The number of halogens is 12. The van der Waals surface area contributed by atoms with Gasteiger partial charge in [-0.1, -0.05) is 40.9 Å². The summed E-state index contributed by atoms with van der Waals surface area (Å²) in [6, 6.07) is 1.69. The molecular weight excluding hydrogens is 626 g/mol. The largest absolute Gasteiger partial charge is 0.417 e. The third kappa shape index (κ3) is 8.93. The molecule has 2 rings (SSSR count). The first-order valence-corrected chi connectivity index (χ1v) is 12.0. The summed E-state index contributed by atoms with van der Waals surface area (Å²) in [5.41, 5.74) is -3.94. The molecule has 2 aromatic rings. The first-order chi connectivity index (χ1) is 18.1. The molecule has 0 heterocycles. The fourth-order valence-corrected chi connectivity index (χ4v) is 3.95. The maximum atomic E-state index is 15.1. The Hall–Kier alpha value is -2.64. The van der Waals surface area contributed by atoms with Crippen molar-refractivity contribution >= 4 is 52.4 Å². The van der Waals surface area contributed by atoms with Gasteiger partial charge >= 0.3 is 12.4 Å². The molecule has 0 aliphatic rings. The third-order valence-corrected chi connectivity index (χ3v) is 6.47. The van der Waals surface area contributed by atoms with Gasteiger partial charge in [-0.25, -0.2) is 13.2 Å². The molecule has 0 radical (unpaired) electrons. The fraction of sp³-hybridized carbons (Fsp3) is 0.333. The number of benzene rings is 2. The predicted octanol–water partition coefficient (Wildman–Crippen LogP) is 8.21. The second kappa shape index (κ2) is 12.5. The predicted molar refractivity (Wildman–Crippen MR) is 131 cm³/mol. The summed E-state index contributed by atoms with van der Waals surface area (Å²) in [4.78, 5) is 24.2. The minimum Gasteiger partial charge on any atom is -0.345 e. The fourth-order valence-electron chi connectivity index (χ4n) is 3.34. The highest BCUT2D eigenvalue weighted by molar-refractivity contribution is 6.48. The van der Waals surface area contributed by atoms with E-state index < -0.39 is 71.1 Å². The number of nitrogens with one attached hydrogen (secondary N) is 2. The minimum absolute atomic E-state index is 0.162. The van der Waals surface area contributed by atoms with Crippen LogP contribution >= 0.6 is 34.8 Å². The van der Waals surface area contributed by atoms with Crippen LogP contribution in [0.2, 0.25) is 15.1 Å². The lowest BCUT2D eigenvalue weighted by Crippen LogP contribution is -2.47. The number of alkyl halides is 8. The van der Waals surface area contributed by atoms with Crippen molar-refractivity contribution in [1.82, 2.24) is 10.6 Å². The second-order valence-electron chi connectivity index (χ2n) is 8.53. The minimum atomic E-state index is -5.27. The van der Waals surface area contributed by atoms with E-state index >= 15 is 4.39 Å². The first kappa shape index (κ1) is 33.6. The summed E-state index contributed by atoms with van der Waals surface area (Å²) >= 11 is 17.5. The topological polar surface area (TPSA) is 58.2 Å². The van der Waals surface area contributed by atoms with Crippen LogP contribution < -0.4 is 10.6 Å². The van der Waals surface area contributed by atoms with Gasteiger partial charge < -0.3 is 10.6 Å². The van der Waals surface area contributed by atoms with Crippen molar-refractivity contribution in [3.63, 3.8) is 0 Å². The van der Waals surface area contributed by atoms with Gasteiger partial charge in [0.15, 0.2) is 0 Å².